The van der Waals surface area contributed by atoms with E-state index in [4.69, 9.17) is 0 Å². The van der Waals surface area contributed by atoms with Crippen molar-refractivity contribution in [2.24, 2.45) is 0 Å². The first-order valence-electron chi connectivity index (χ1n) is 4.63. The number of hydrogen-bond donors (Lipinski definition) is 1. The summed E-state index contributed by atoms with van der Waals surface area (Å²) in [6, 6.07) is 0. The number of hydrogen-bond acceptors (Lipinski definition) is 2. The Kier molecular flexibility index (Phi) is 1.87. The molecule has 1 aromatic heterocycles. The molecule has 0 radical (unpaired) electrons. The molecule has 0 saturated heterocycles. The molecule has 0 unspecified atom stereocenters. The van der Waals surface area contributed by atoms with Crippen molar-refractivity contribution in [2.45, 2.75) is 32.6 Å². The van der Waals surface area contributed by atoms with Crippen molar-refractivity contribution < 1.29 is 10.0 Å². The molecule has 1 heterocycles. The van der Waals surface area contributed by atoms with Crippen LogP contribution in [-0.4, -0.2) is 15.7 Å². The maximum Gasteiger partial charge on any atom is 0.161 e. The van der Waals surface area contributed by atoms with E-state index in [0.29, 0.717) is 5.56 Å². The average Bonchev–Trinajstić information content (AvgIpc) is 2.45. The van der Waals surface area contributed by atoms with Crippen LogP contribution in [0.15, 0.2) is 6.20 Å². The van der Waals surface area contributed by atoms with Gasteiger partial charge in [0.1, 0.15) is 0 Å². The second-order valence-electron chi connectivity index (χ2n) is 3.58. The van der Waals surface area contributed by atoms with Crippen LogP contribution in [0.2, 0.25) is 0 Å². The Bertz CT molecular complexity index is 352. The molecule has 0 saturated carbocycles. The van der Waals surface area contributed by atoms with Crippen molar-refractivity contribution in [3.8, 4) is 0 Å². The van der Waals surface area contributed by atoms with Gasteiger partial charge < -0.3 is 5.21 Å². The number of rotatable bonds is 1. The molecule has 1 aromatic rings. The Morgan fingerprint density at radius 1 is 1.46 bits per heavy atom. The van der Waals surface area contributed by atoms with E-state index in [1.165, 1.54) is 0 Å². The molecule has 0 aromatic carbocycles. The molecule has 70 valence electrons. The fourth-order valence-electron chi connectivity index (χ4n) is 2.01. The van der Waals surface area contributed by atoms with E-state index < -0.39 is 0 Å². The molecule has 0 amide bonds. The van der Waals surface area contributed by atoms with Gasteiger partial charge in [0.2, 0.25) is 0 Å². The number of carbonyl (C=O) groups excluding carboxylic acids is 1. The van der Waals surface area contributed by atoms with E-state index in [0.717, 1.165) is 41.7 Å². The van der Waals surface area contributed by atoms with Crippen molar-refractivity contribution in [1.29, 1.82) is 0 Å². The predicted octanol–water partition coefficient (Wildman–Crippen LogP) is 1.81. The molecular formula is C10H13NO2. The summed E-state index contributed by atoms with van der Waals surface area (Å²) in [6.07, 6.45) is 5.58. The van der Waals surface area contributed by atoms with Gasteiger partial charge >= 0.3 is 0 Å². The molecule has 1 aliphatic rings. The first-order chi connectivity index (χ1) is 6.20. The number of aromatic nitrogens is 1. The number of Topliss-reactive ketones (excluding diaryl/α,β-unsaturated/α-hetero) is 1. The lowest BCUT2D eigenvalue weighted by Crippen LogP contribution is -2.06. The SMILES string of the molecule is CC(=O)c1cn(O)c2c1CCCC2. The molecule has 0 aliphatic heterocycles. The minimum atomic E-state index is 0.0472. The zero-order valence-corrected chi connectivity index (χ0v) is 7.71. The van der Waals surface area contributed by atoms with Crippen molar-refractivity contribution in [3.05, 3.63) is 23.0 Å². The molecule has 0 bridgehead atoms. The molecule has 1 N–H and O–H groups in total. The van der Waals surface area contributed by atoms with E-state index in [1.807, 2.05) is 0 Å². The Labute approximate surface area is 76.9 Å². The fourth-order valence-corrected chi connectivity index (χ4v) is 2.01. The van der Waals surface area contributed by atoms with Crippen LogP contribution in [0.25, 0.3) is 0 Å². The van der Waals surface area contributed by atoms with Crippen molar-refractivity contribution in [1.82, 2.24) is 4.73 Å². The van der Waals surface area contributed by atoms with Gasteiger partial charge in [-0.15, -0.1) is 0 Å². The molecule has 13 heavy (non-hydrogen) atoms. The highest BCUT2D eigenvalue weighted by atomic mass is 16.5. The highest BCUT2D eigenvalue weighted by Crippen LogP contribution is 2.25. The van der Waals surface area contributed by atoms with Crippen molar-refractivity contribution >= 4 is 5.78 Å². The minimum absolute atomic E-state index is 0.0472. The molecule has 1 aliphatic carbocycles. The standard InChI is InChI=1S/C10H13NO2/c1-7(12)9-6-11(13)10-5-3-2-4-8(9)10/h6,13H,2-5H2,1H3. The van der Waals surface area contributed by atoms with Crippen molar-refractivity contribution in [2.75, 3.05) is 0 Å². The highest BCUT2D eigenvalue weighted by molar-refractivity contribution is 5.95. The minimum Gasteiger partial charge on any atom is -0.429 e. The van der Waals surface area contributed by atoms with Gasteiger partial charge in [-0.05, 0) is 38.2 Å². The second-order valence-corrected chi connectivity index (χ2v) is 3.58. The first-order valence-corrected chi connectivity index (χ1v) is 4.63. The molecule has 3 nitrogen and oxygen atoms in total. The maximum atomic E-state index is 11.2. The van der Waals surface area contributed by atoms with Crippen LogP contribution < -0.4 is 0 Å². The lowest BCUT2D eigenvalue weighted by Gasteiger charge is -2.12. The number of ketones is 1. The third-order valence-electron chi connectivity index (χ3n) is 2.67. The van der Waals surface area contributed by atoms with Gasteiger partial charge in [-0.3, -0.25) is 4.79 Å². The van der Waals surface area contributed by atoms with Crippen LogP contribution in [0.1, 0.15) is 41.4 Å². The number of nitrogens with zero attached hydrogens (tertiary/aromatic N) is 1. The topological polar surface area (TPSA) is 42.2 Å². The predicted molar refractivity (Wildman–Crippen MR) is 48.3 cm³/mol. The van der Waals surface area contributed by atoms with Crippen LogP contribution in [0.3, 0.4) is 0 Å². The monoisotopic (exact) mass is 179 g/mol. The summed E-state index contributed by atoms with van der Waals surface area (Å²) < 4.78 is 1.12. The van der Waals surface area contributed by atoms with Crippen LogP contribution in [0.5, 0.6) is 0 Å². The van der Waals surface area contributed by atoms with Gasteiger partial charge in [0.25, 0.3) is 0 Å². The van der Waals surface area contributed by atoms with E-state index in [1.54, 1.807) is 13.1 Å². The summed E-state index contributed by atoms with van der Waals surface area (Å²) >= 11 is 0. The summed E-state index contributed by atoms with van der Waals surface area (Å²) in [7, 11) is 0. The van der Waals surface area contributed by atoms with Gasteiger partial charge in [0.15, 0.2) is 5.78 Å². The summed E-state index contributed by atoms with van der Waals surface area (Å²) in [5.74, 6) is 0.0472. The van der Waals surface area contributed by atoms with Gasteiger partial charge in [0, 0.05) is 5.56 Å². The van der Waals surface area contributed by atoms with Crippen LogP contribution in [0.4, 0.5) is 0 Å². The van der Waals surface area contributed by atoms with Crippen LogP contribution >= 0.6 is 0 Å². The maximum absolute atomic E-state index is 11.2. The van der Waals surface area contributed by atoms with E-state index in [-0.39, 0.29) is 5.78 Å². The van der Waals surface area contributed by atoms with Gasteiger partial charge in [0.05, 0.1) is 11.9 Å². The quantitative estimate of drug-likeness (QED) is 0.527. The van der Waals surface area contributed by atoms with Gasteiger partial charge in [-0.25, -0.2) is 0 Å². The fraction of sp³-hybridized carbons (Fsp3) is 0.500. The van der Waals surface area contributed by atoms with E-state index >= 15 is 0 Å². The summed E-state index contributed by atoms with van der Waals surface area (Å²) in [5, 5.41) is 9.49. The Morgan fingerprint density at radius 2 is 2.15 bits per heavy atom. The first kappa shape index (κ1) is 8.35. The van der Waals surface area contributed by atoms with Crippen LogP contribution in [-0.2, 0) is 12.8 Å². The lowest BCUT2D eigenvalue weighted by molar-refractivity contribution is 0.101. The van der Waals surface area contributed by atoms with Gasteiger partial charge in [-0.2, -0.15) is 4.73 Å². The summed E-state index contributed by atoms with van der Waals surface area (Å²) in [5.41, 5.74) is 2.68. The zero-order valence-electron chi connectivity index (χ0n) is 7.71. The highest BCUT2D eigenvalue weighted by Gasteiger charge is 2.20. The smallest absolute Gasteiger partial charge is 0.161 e. The normalized spacial score (nSPS) is 15.5. The zero-order chi connectivity index (χ0) is 9.42. The van der Waals surface area contributed by atoms with Crippen LogP contribution in [0, 0.1) is 0 Å². The van der Waals surface area contributed by atoms with E-state index in [2.05, 4.69) is 0 Å². The molecule has 2 rings (SSSR count). The lowest BCUT2D eigenvalue weighted by atomic mass is 9.94. The average molecular weight is 179 g/mol. The number of carbonyl (C=O) groups is 1. The second kappa shape index (κ2) is 2.91. The molecule has 0 spiro atoms. The molecule has 3 heteroatoms. The third-order valence-corrected chi connectivity index (χ3v) is 2.67. The molecule has 0 atom stereocenters. The molecule has 0 fully saturated rings. The largest absolute Gasteiger partial charge is 0.429 e. The Morgan fingerprint density at radius 3 is 2.85 bits per heavy atom. The van der Waals surface area contributed by atoms with Gasteiger partial charge in [-0.1, -0.05) is 0 Å². The molecular weight excluding hydrogens is 166 g/mol. The Balaban J connectivity index is 2.53. The number of fused-ring (bicyclic) bond motifs is 1. The Hall–Kier alpha value is -1.25. The third kappa shape index (κ3) is 1.24. The summed E-state index contributed by atoms with van der Waals surface area (Å²) in [4.78, 5) is 11.2. The van der Waals surface area contributed by atoms with E-state index in [9.17, 15) is 10.0 Å². The van der Waals surface area contributed by atoms with Crippen molar-refractivity contribution in [3.63, 3.8) is 0 Å². The summed E-state index contributed by atoms with van der Waals surface area (Å²) in [6.45, 7) is 1.55.